The third-order valence-electron chi connectivity index (χ3n) is 4.15. The van der Waals surface area contributed by atoms with Gasteiger partial charge in [0.25, 0.3) is 0 Å². The van der Waals surface area contributed by atoms with Crippen molar-refractivity contribution in [1.29, 1.82) is 0 Å². The van der Waals surface area contributed by atoms with Crippen molar-refractivity contribution in [3.05, 3.63) is 0 Å². The van der Waals surface area contributed by atoms with Crippen LogP contribution < -0.4 is 0 Å². The molecule has 3 heteroatoms. The summed E-state index contributed by atoms with van der Waals surface area (Å²) in [5, 5.41) is 0. The molecule has 2 saturated heterocycles. The number of ketones is 1. The predicted molar refractivity (Wildman–Crippen MR) is 63.4 cm³/mol. The van der Waals surface area contributed by atoms with Gasteiger partial charge in [-0.05, 0) is 32.6 Å². The molecule has 92 valence electrons. The maximum Gasteiger partial charge on any atom is 0.152 e. The molecular weight excluding hydrogens is 202 g/mol. The standard InChI is InChI=1S/C13H23NO2/c1-3-12-5-4-10(2)14(12)8-13(15)11-6-7-16-9-11/h10-12H,3-9H2,1-2H3. The molecule has 0 saturated carbocycles. The second-order valence-corrected chi connectivity index (χ2v) is 5.19. The molecule has 3 unspecified atom stereocenters. The third-order valence-corrected chi connectivity index (χ3v) is 4.15. The Balaban J connectivity index is 1.89. The van der Waals surface area contributed by atoms with Crippen LogP contribution in [-0.2, 0) is 9.53 Å². The van der Waals surface area contributed by atoms with Gasteiger partial charge < -0.3 is 4.74 Å². The molecule has 0 aliphatic carbocycles. The maximum atomic E-state index is 12.1. The van der Waals surface area contributed by atoms with Gasteiger partial charge in [-0.15, -0.1) is 0 Å². The fourth-order valence-electron chi connectivity index (χ4n) is 2.95. The van der Waals surface area contributed by atoms with Gasteiger partial charge in [-0.2, -0.15) is 0 Å². The first-order chi connectivity index (χ1) is 7.72. The summed E-state index contributed by atoms with van der Waals surface area (Å²) in [7, 11) is 0. The van der Waals surface area contributed by atoms with Gasteiger partial charge in [-0.1, -0.05) is 6.92 Å². The number of nitrogens with zero attached hydrogens (tertiary/aromatic N) is 1. The van der Waals surface area contributed by atoms with E-state index < -0.39 is 0 Å². The first kappa shape index (κ1) is 12.1. The Kier molecular flexibility index (Phi) is 3.98. The van der Waals surface area contributed by atoms with E-state index in [4.69, 9.17) is 4.74 Å². The topological polar surface area (TPSA) is 29.5 Å². The highest BCUT2D eigenvalue weighted by atomic mass is 16.5. The molecule has 0 spiro atoms. The molecule has 0 aromatic heterocycles. The molecule has 2 aliphatic heterocycles. The van der Waals surface area contributed by atoms with Gasteiger partial charge >= 0.3 is 0 Å². The van der Waals surface area contributed by atoms with E-state index in [1.165, 1.54) is 19.3 Å². The maximum absolute atomic E-state index is 12.1. The molecular formula is C13H23NO2. The van der Waals surface area contributed by atoms with Gasteiger partial charge in [0.1, 0.15) is 0 Å². The summed E-state index contributed by atoms with van der Waals surface area (Å²) in [5.74, 6) is 0.565. The molecule has 0 radical (unpaired) electrons. The number of hydrogen-bond acceptors (Lipinski definition) is 3. The summed E-state index contributed by atoms with van der Waals surface area (Å²) in [6.07, 6.45) is 4.59. The molecule has 16 heavy (non-hydrogen) atoms. The average molecular weight is 225 g/mol. The summed E-state index contributed by atoms with van der Waals surface area (Å²) in [4.78, 5) is 14.5. The number of rotatable bonds is 4. The zero-order valence-corrected chi connectivity index (χ0v) is 10.4. The van der Waals surface area contributed by atoms with Gasteiger partial charge in [-0.3, -0.25) is 9.69 Å². The second kappa shape index (κ2) is 5.28. The number of carbonyl (C=O) groups is 1. The van der Waals surface area contributed by atoms with Crippen LogP contribution in [0.5, 0.6) is 0 Å². The second-order valence-electron chi connectivity index (χ2n) is 5.19. The lowest BCUT2D eigenvalue weighted by molar-refractivity contribution is -0.124. The minimum absolute atomic E-state index is 0.172. The van der Waals surface area contributed by atoms with Crippen molar-refractivity contribution < 1.29 is 9.53 Å². The lowest BCUT2D eigenvalue weighted by atomic mass is 10.0. The quantitative estimate of drug-likeness (QED) is 0.731. The largest absolute Gasteiger partial charge is 0.381 e. The number of ether oxygens (including phenoxy) is 1. The van der Waals surface area contributed by atoms with Crippen molar-refractivity contribution >= 4 is 5.78 Å². The number of carbonyl (C=O) groups excluding carboxylic acids is 1. The van der Waals surface area contributed by atoms with Crippen LogP contribution in [0.15, 0.2) is 0 Å². The van der Waals surface area contributed by atoms with Crippen molar-refractivity contribution in [2.24, 2.45) is 5.92 Å². The molecule has 0 aromatic rings. The number of hydrogen-bond donors (Lipinski definition) is 0. The summed E-state index contributed by atoms with van der Waals surface area (Å²) >= 11 is 0. The Morgan fingerprint density at radius 1 is 1.38 bits per heavy atom. The molecule has 2 fully saturated rings. The van der Waals surface area contributed by atoms with E-state index in [1.54, 1.807) is 0 Å². The van der Waals surface area contributed by atoms with Crippen molar-refractivity contribution in [3.63, 3.8) is 0 Å². The molecule has 0 aromatic carbocycles. The minimum atomic E-state index is 0.172. The normalized spacial score (nSPS) is 35.8. The Hall–Kier alpha value is -0.410. The smallest absolute Gasteiger partial charge is 0.152 e. The van der Waals surface area contributed by atoms with Crippen LogP contribution in [0.1, 0.15) is 39.5 Å². The average Bonchev–Trinajstić information content (AvgIpc) is 2.89. The SMILES string of the molecule is CCC1CCC(C)N1CC(=O)C1CCOC1. The highest BCUT2D eigenvalue weighted by Crippen LogP contribution is 2.26. The number of Topliss-reactive ketones (excluding diaryl/α,β-unsaturated/α-hetero) is 1. The van der Waals surface area contributed by atoms with E-state index in [0.717, 1.165) is 13.0 Å². The van der Waals surface area contributed by atoms with E-state index in [0.29, 0.717) is 31.0 Å². The zero-order valence-electron chi connectivity index (χ0n) is 10.4. The lowest BCUT2D eigenvalue weighted by Gasteiger charge is -2.27. The van der Waals surface area contributed by atoms with Gasteiger partial charge in [0.15, 0.2) is 5.78 Å². The molecule has 2 heterocycles. The summed E-state index contributed by atoms with van der Waals surface area (Å²) in [6.45, 7) is 6.53. The van der Waals surface area contributed by atoms with Crippen LogP contribution in [-0.4, -0.2) is 42.5 Å². The molecule has 0 N–H and O–H groups in total. The van der Waals surface area contributed by atoms with Crippen molar-refractivity contribution in [1.82, 2.24) is 4.90 Å². The van der Waals surface area contributed by atoms with E-state index in [9.17, 15) is 4.79 Å². The van der Waals surface area contributed by atoms with Crippen LogP contribution >= 0.6 is 0 Å². The van der Waals surface area contributed by atoms with Gasteiger partial charge in [0, 0.05) is 24.6 Å². The van der Waals surface area contributed by atoms with Crippen LogP contribution in [0.2, 0.25) is 0 Å². The molecule has 0 amide bonds. The Morgan fingerprint density at radius 2 is 2.19 bits per heavy atom. The minimum Gasteiger partial charge on any atom is -0.381 e. The Morgan fingerprint density at radius 3 is 2.81 bits per heavy atom. The van der Waals surface area contributed by atoms with Gasteiger partial charge in [0.05, 0.1) is 13.2 Å². The highest BCUT2D eigenvalue weighted by Gasteiger charge is 2.33. The van der Waals surface area contributed by atoms with Crippen molar-refractivity contribution in [2.75, 3.05) is 19.8 Å². The van der Waals surface area contributed by atoms with Gasteiger partial charge in [-0.25, -0.2) is 0 Å². The molecule has 3 atom stereocenters. The Labute approximate surface area is 98.1 Å². The fourth-order valence-corrected chi connectivity index (χ4v) is 2.95. The molecule has 2 aliphatic rings. The lowest BCUT2D eigenvalue weighted by Crippen LogP contribution is -2.40. The highest BCUT2D eigenvalue weighted by molar-refractivity contribution is 5.83. The van der Waals surface area contributed by atoms with Crippen LogP contribution in [0.3, 0.4) is 0 Å². The first-order valence-electron chi connectivity index (χ1n) is 6.58. The van der Waals surface area contributed by atoms with Crippen LogP contribution in [0.4, 0.5) is 0 Å². The third kappa shape index (κ3) is 2.46. The molecule has 0 bridgehead atoms. The van der Waals surface area contributed by atoms with E-state index in [1.807, 2.05) is 0 Å². The van der Waals surface area contributed by atoms with E-state index in [-0.39, 0.29) is 5.92 Å². The van der Waals surface area contributed by atoms with E-state index >= 15 is 0 Å². The van der Waals surface area contributed by atoms with Crippen LogP contribution in [0.25, 0.3) is 0 Å². The summed E-state index contributed by atoms with van der Waals surface area (Å²) < 4.78 is 5.28. The van der Waals surface area contributed by atoms with Gasteiger partial charge in [0.2, 0.25) is 0 Å². The molecule has 2 rings (SSSR count). The van der Waals surface area contributed by atoms with Crippen LogP contribution in [0, 0.1) is 5.92 Å². The Bertz CT molecular complexity index is 248. The molecule has 3 nitrogen and oxygen atoms in total. The van der Waals surface area contributed by atoms with E-state index in [2.05, 4.69) is 18.7 Å². The zero-order chi connectivity index (χ0) is 11.5. The summed E-state index contributed by atoms with van der Waals surface area (Å²) in [6, 6.07) is 1.21. The first-order valence-corrected chi connectivity index (χ1v) is 6.58. The number of likely N-dealkylation sites (tertiary alicyclic amines) is 1. The van der Waals surface area contributed by atoms with Crippen molar-refractivity contribution in [2.45, 2.75) is 51.6 Å². The van der Waals surface area contributed by atoms with Crippen molar-refractivity contribution in [3.8, 4) is 0 Å². The fraction of sp³-hybridized carbons (Fsp3) is 0.923. The predicted octanol–water partition coefficient (Wildman–Crippen LogP) is 1.85. The monoisotopic (exact) mass is 225 g/mol. The summed E-state index contributed by atoms with van der Waals surface area (Å²) in [5.41, 5.74) is 0.